The summed E-state index contributed by atoms with van der Waals surface area (Å²) in [5.74, 6) is 0.575. The zero-order valence-electron chi connectivity index (χ0n) is 14.6. The average Bonchev–Trinajstić information content (AvgIpc) is 3.29. The molecule has 24 heavy (non-hydrogen) atoms. The summed E-state index contributed by atoms with van der Waals surface area (Å²) in [6.45, 7) is 7.69. The Morgan fingerprint density at radius 1 is 1.54 bits per heavy atom. The number of hydrogen-bond acceptors (Lipinski definition) is 5. The van der Waals surface area contributed by atoms with Crippen molar-refractivity contribution in [2.24, 2.45) is 5.92 Å². The first-order valence-corrected chi connectivity index (χ1v) is 9.35. The van der Waals surface area contributed by atoms with E-state index in [1.165, 1.54) is 4.88 Å². The highest BCUT2D eigenvalue weighted by Crippen LogP contribution is 2.21. The number of nitrogens with one attached hydrogen (secondary N) is 1. The average molecular weight is 347 g/mol. The molecular weight excluding hydrogens is 322 g/mol. The molecule has 2 aromatic heterocycles. The van der Waals surface area contributed by atoms with E-state index in [4.69, 9.17) is 0 Å². The number of carbonyl (C=O) groups is 1. The molecule has 2 aromatic rings. The van der Waals surface area contributed by atoms with Crippen molar-refractivity contribution in [3.63, 3.8) is 0 Å². The molecule has 0 aliphatic carbocycles. The Morgan fingerprint density at radius 3 is 3.04 bits per heavy atom. The van der Waals surface area contributed by atoms with E-state index in [2.05, 4.69) is 34.1 Å². The number of carbonyl (C=O) groups excluding carboxylic acids is 1. The molecule has 1 amide bonds. The molecule has 1 N–H and O–H groups in total. The molecule has 130 valence electrons. The van der Waals surface area contributed by atoms with Gasteiger partial charge in [-0.3, -0.25) is 9.89 Å². The smallest absolute Gasteiger partial charge is 0.274 e. The van der Waals surface area contributed by atoms with Gasteiger partial charge in [0, 0.05) is 36.8 Å². The van der Waals surface area contributed by atoms with E-state index in [9.17, 15) is 4.79 Å². The third kappa shape index (κ3) is 3.84. The van der Waals surface area contributed by atoms with E-state index in [1.807, 2.05) is 23.4 Å². The first kappa shape index (κ1) is 17.1. The molecule has 3 heterocycles. The maximum absolute atomic E-state index is 12.5. The zero-order chi connectivity index (χ0) is 17.1. The summed E-state index contributed by atoms with van der Waals surface area (Å²) in [4.78, 5) is 22.4. The number of nitrogens with zero attached hydrogens (tertiary/aromatic N) is 4. The van der Waals surface area contributed by atoms with Gasteiger partial charge in [-0.2, -0.15) is 5.10 Å². The summed E-state index contributed by atoms with van der Waals surface area (Å²) in [6, 6.07) is 1.87. The maximum Gasteiger partial charge on any atom is 0.274 e. The third-order valence-electron chi connectivity index (χ3n) is 4.63. The lowest BCUT2D eigenvalue weighted by Crippen LogP contribution is -2.31. The third-order valence-corrected chi connectivity index (χ3v) is 5.55. The van der Waals surface area contributed by atoms with Gasteiger partial charge in [-0.1, -0.05) is 6.92 Å². The van der Waals surface area contributed by atoms with Gasteiger partial charge in [0.05, 0.1) is 11.2 Å². The molecule has 0 aromatic carbocycles. The lowest BCUT2D eigenvalue weighted by Gasteiger charge is -2.21. The standard InChI is InChI=1S/C17H25N5OS/c1-4-14-7-15(20-19-14)17(23)22-6-5-13(9-22)8-21(3)10-16-12(2)18-11-24-16/h7,11,13H,4-6,8-10H2,1-3H3,(H,19,20). The Kier molecular flexibility index (Phi) is 5.30. The molecule has 7 heteroatoms. The number of H-pyrrole nitrogens is 1. The predicted octanol–water partition coefficient (Wildman–Crippen LogP) is 2.33. The normalized spacial score (nSPS) is 17.8. The van der Waals surface area contributed by atoms with Crippen LogP contribution in [0.25, 0.3) is 0 Å². The van der Waals surface area contributed by atoms with Crippen molar-refractivity contribution in [1.82, 2.24) is 25.0 Å². The maximum atomic E-state index is 12.5. The minimum atomic E-state index is 0.0504. The number of aryl methyl sites for hydroxylation is 2. The van der Waals surface area contributed by atoms with Gasteiger partial charge in [0.25, 0.3) is 5.91 Å². The second kappa shape index (κ2) is 7.44. The Labute approximate surface area is 146 Å². The van der Waals surface area contributed by atoms with Crippen LogP contribution in [0.5, 0.6) is 0 Å². The number of aromatic amines is 1. The van der Waals surface area contributed by atoms with Crippen LogP contribution < -0.4 is 0 Å². The lowest BCUT2D eigenvalue weighted by atomic mass is 10.1. The van der Waals surface area contributed by atoms with E-state index < -0.39 is 0 Å². The van der Waals surface area contributed by atoms with Gasteiger partial charge in [0.15, 0.2) is 0 Å². The highest BCUT2D eigenvalue weighted by molar-refractivity contribution is 7.09. The predicted molar refractivity (Wildman–Crippen MR) is 95.2 cm³/mol. The van der Waals surface area contributed by atoms with Gasteiger partial charge >= 0.3 is 0 Å². The number of amides is 1. The van der Waals surface area contributed by atoms with E-state index in [1.54, 1.807) is 11.3 Å². The van der Waals surface area contributed by atoms with Crippen LogP contribution in [0.3, 0.4) is 0 Å². The van der Waals surface area contributed by atoms with Gasteiger partial charge in [-0.15, -0.1) is 11.3 Å². The number of rotatable bonds is 6. The highest BCUT2D eigenvalue weighted by Gasteiger charge is 2.28. The van der Waals surface area contributed by atoms with Gasteiger partial charge in [0.1, 0.15) is 5.69 Å². The zero-order valence-corrected chi connectivity index (χ0v) is 15.4. The molecule has 1 aliphatic heterocycles. The summed E-state index contributed by atoms with van der Waals surface area (Å²) >= 11 is 1.71. The number of aromatic nitrogens is 3. The monoisotopic (exact) mass is 347 g/mol. The minimum Gasteiger partial charge on any atom is -0.337 e. The van der Waals surface area contributed by atoms with Gasteiger partial charge in [-0.25, -0.2) is 4.98 Å². The topological polar surface area (TPSA) is 65.1 Å². The molecule has 6 nitrogen and oxygen atoms in total. The van der Waals surface area contributed by atoms with E-state index in [-0.39, 0.29) is 5.91 Å². The molecule has 0 radical (unpaired) electrons. The van der Waals surface area contributed by atoms with E-state index in [0.29, 0.717) is 11.6 Å². The van der Waals surface area contributed by atoms with E-state index >= 15 is 0 Å². The Balaban J connectivity index is 1.51. The van der Waals surface area contributed by atoms with Gasteiger partial charge in [-0.05, 0) is 38.8 Å². The van der Waals surface area contributed by atoms with Crippen LogP contribution >= 0.6 is 11.3 Å². The number of thiazole rings is 1. The summed E-state index contributed by atoms with van der Waals surface area (Å²) in [7, 11) is 2.14. The fourth-order valence-electron chi connectivity index (χ4n) is 3.21. The van der Waals surface area contributed by atoms with Crippen LogP contribution in [-0.2, 0) is 13.0 Å². The quantitative estimate of drug-likeness (QED) is 0.871. The van der Waals surface area contributed by atoms with Crippen molar-refractivity contribution in [2.75, 3.05) is 26.7 Å². The summed E-state index contributed by atoms with van der Waals surface area (Å²) < 4.78 is 0. The SMILES string of the molecule is CCc1cc(C(=O)N2CCC(CN(C)Cc3scnc3C)C2)n[nH]1. The molecule has 0 bridgehead atoms. The summed E-state index contributed by atoms with van der Waals surface area (Å²) in [5.41, 5.74) is 4.58. The molecule has 0 spiro atoms. The van der Waals surface area contributed by atoms with Crippen molar-refractivity contribution >= 4 is 17.2 Å². The van der Waals surface area contributed by atoms with Crippen LogP contribution in [-0.4, -0.2) is 57.6 Å². The van der Waals surface area contributed by atoms with Crippen molar-refractivity contribution in [2.45, 2.75) is 33.2 Å². The van der Waals surface area contributed by atoms with Crippen molar-refractivity contribution < 1.29 is 4.79 Å². The van der Waals surface area contributed by atoms with Crippen LogP contribution in [0.4, 0.5) is 0 Å². The van der Waals surface area contributed by atoms with Gasteiger partial charge in [0.2, 0.25) is 0 Å². The van der Waals surface area contributed by atoms with Crippen molar-refractivity contribution in [1.29, 1.82) is 0 Å². The van der Waals surface area contributed by atoms with Crippen LogP contribution in [0.2, 0.25) is 0 Å². The van der Waals surface area contributed by atoms with Crippen LogP contribution in [0.1, 0.15) is 40.1 Å². The molecule has 1 saturated heterocycles. The van der Waals surface area contributed by atoms with E-state index in [0.717, 1.165) is 50.4 Å². The molecule has 1 atom stereocenters. The number of hydrogen-bond donors (Lipinski definition) is 1. The van der Waals surface area contributed by atoms with Crippen LogP contribution in [0, 0.1) is 12.8 Å². The lowest BCUT2D eigenvalue weighted by molar-refractivity contribution is 0.0778. The molecule has 1 unspecified atom stereocenters. The van der Waals surface area contributed by atoms with Gasteiger partial charge < -0.3 is 9.80 Å². The fraction of sp³-hybridized carbons (Fsp3) is 0.588. The first-order valence-electron chi connectivity index (χ1n) is 8.48. The Hall–Kier alpha value is -1.73. The molecule has 3 rings (SSSR count). The minimum absolute atomic E-state index is 0.0504. The fourth-order valence-corrected chi connectivity index (χ4v) is 4.07. The molecular formula is C17H25N5OS. The summed E-state index contributed by atoms with van der Waals surface area (Å²) in [6.07, 6.45) is 1.92. The second-order valence-electron chi connectivity index (χ2n) is 6.60. The van der Waals surface area contributed by atoms with Crippen molar-refractivity contribution in [3.05, 3.63) is 33.5 Å². The molecule has 1 fully saturated rings. The molecule has 0 saturated carbocycles. The number of likely N-dealkylation sites (tertiary alicyclic amines) is 1. The highest BCUT2D eigenvalue weighted by atomic mass is 32.1. The summed E-state index contributed by atoms with van der Waals surface area (Å²) in [5, 5.41) is 7.07. The Morgan fingerprint density at radius 2 is 2.38 bits per heavy atom. The van der Waals surface area contributed by atoms with Crippen LogP contribution in [0.15, 0.2) is 11.6 Å². The van der Waals surface area contributed by atoms with Crippen molar-refractivity contribution in [3.8, 4) is 0 Å². The second-order valence-corrected chi connectivity index (χ2v) is 7.53. The Bertz CT molecular complexity index is 695. The molecule has 1 aliphatic rings. The largest absolute Gasteiger partial charge is 0.337 e. The first-order chi connectivity index (χ1) is 11.6.